The normalized spacial score (nSPS) is 11.8. The molecule has 1 aromatic heterocycles. The van der Waals surface area contributed by atoms with Gasteiger partial charge in [-0.15, -0.1) is 10.2 Å². The van der Waals surface area contributed by atoms with Gasteiger partial charge in [-0.2, -0.15) is 8.42 Å². The average Bonchev–Trinajstić information content (AvgIpc) is 2.83. The molecule has 108 valence electrons. The van der Waals surface area contributed by atoms with Gasteiger partial charge in [0.2, 0.25) is 5.89 Å². The van der Waals surface area contributed by atoms with Crippen LogP contribution < -0.4 is 0 Å². The smallest absolute Gasteiger partial charge is 0.295 e. The lowest BCUT2D eigenvalue weighted by Gasteiger charge is -2.02. The standard InChI is InChI=1S/C10H8F2N2O4S2/c11-3-4-19-10-14-13-9(18-10)7-5-6(12)1-2-8(7)20(15,16)17/h1-2,5H,3-4H2,(H,15,16,17). The van der Waals surface area contributed by atoms with E-state index in [1.165, 1.54) is 0 Å². The van der Waals surface area contributed by atoms with Gasteiger partial charge < -0.3 is 4.42 Å². The van der Waals surface area contributed by atoms with E-state index in [0.29, 0.717) is 0 Å². The molecule has 0 amide bonds. The largest absolute Gasteiger partial charge is 0.411 e. The molecule has 0 aliphatic rings. The van der Waals surface area contributed by atoms with Gasteiger partial charge in [0.05, 0.1) is 12.2 Å². The number of aromatic nitrogens is 2. The highest BCUT2D eigenvalue weighted by Gasteiger charge is 2.21. The molecule has 0 saturated carbocycles. The van der Waals surface area contributed by atoms with Crippen LogP contribution in [0.5, 0.6) is 0 Å². The van der Waals surface area contributed by atoms with Gasteiger partial charge in [-0.05, 0) is 18.2 Å². The number of rotatable bonds is 5. The van der Waals surface area contributed by atoms with Crippen LogP contribution in [0.2, 0.25) is 0 Å². The number of halogens is 2. The van der Waals surface area contributed by atoms with Crippen LogP contribution in [-0.4, -0.2) is 35.6 Å². The predicted molar refractivity (Wildman–Crippen MR) is 66.2 cm³/mol. The van der Waals surface area contributed by atoms with Gasteiger partial charge in [0, 0.05) is 5.75 Å². The monoisotopic (exact) mass is 322 g/mol. The maximum Gasteiger partial charge on any atom is 0.295 e. The summed E-state index contributed by atoms with van der Waals surface area (Å²) in [6.45, 7) is -0.599. The summed E-state index contributed by atoms with van der Waals surface area (Å²) in [7, 11) is -4.57. The molecule has 0 aliphatic heterocycles. The van der Waals surface area contributed by atoms with Crippen molar-refractivity contribution in [1.29, 1.82) is 0 Å². The molecular formula is C10H8F2N2O4S2. The van der Waals surface area contributed by atoms with Crippen LogP contribution in [-0.2, 0) is 10.1 Å². The van der Waals surface area contributed by atoms with Gasteiger partial charge in [0.25, 0.3) is 15.3 Å². The van der Waals surface area contributed by atoms with Crippen LogP contribution in [0.1, 0.15) is 0 Å². The van der Waals surface area contributed by atoms with Gasteiger partial charge in [0.15, 0.2) is 0 Å². The lowest BCUT2D eigenvalue weighted by molar-refractivity contribution is 0.460. The number of benzene rings is 1. The van der Waals surface area contributed by atoms with E-state index >= 15 is 0 Å². The fourth-order valence-electron chi connectivity index (χ4n) is 1.40. The lowest BCUT2D eigenvalue weighted by Crippen LogP contribution is -2.01. The molecule has 0 saturated heterocycles. The minimum Gasteiger partial charge on any atom is -0.411 e. The SMILES string of the molecule is O=S(=O)(O)c1ccc(F)cc1-c1nnc(SCCF)o1. The first kappa shape index (κ1) is 14.9. The van der Waals surface area contributed by atoms with E-state index in [2.05, 4.69) is 10.2 Å². The minimum absolute atomic E-state index is 0.0169. The van der Waals surface area contributed by atoms with E-state index in [1.54, 1.807) is 0 Å². The Morgan fingerprint density at radius 1 is 1.35 bits per heavy atom. The molecule has 0 radical (unpaired) electrons. The quantitative estimate of drug-likeness (QED) is 0.666. The van der Waals surface area contributed by atoms with Crippen molar-refractivity contribution in [2.45, 2.75) is 10.1 Å². The van der Waals surface area contributed by atoms with E-state index in [9.17, 15) is 17.2 Å². The Kier molecular flexibility index (Phi) is 4.35. The number of thioether (sulfide) groups is 1. The van der Waals surface area contributed by atoms with Crippen LogP contribution in [0.15, 0.2) is 32.7 Å². The second-order valence-electron chi connectivity index (χ2n) is 3.53. The highest BCUT2D eigenvalue weighted by Crippen LogP contribution is 2.29. The average molecular weight is 322 g/mol. The molecule has 1 aromatic carbocycles. The fourth-order valence-corrected chi connectivity index (χ4v) is 2.55. The summed E-state index contributed by atoms with van der Waals surface area (Å²) < 4.78 is 61.8. The Morgan fingerprint density at radius 3 is 2.75 bits per heavy atom. The van der Waals surface area contributed by atoms with Gasteiger partial charge >= 0.3 is 0 Å². The third-order valence-corrected chi connectivity index (χ3v) is 3.84. The van der Waals surface area contributed by atoms with Crippen molar-refractivity contribution in [1.82, 2.24) is 10.2 Å². The van der Waals surface area contributed by atoms with Gasteiger partial charge in [-0.1, -0.05) is 11.8 Å². The van der Waals surface area contributed by atoms with Crippen molar-refractivity contribution < 1.29 is 26.2 Å². The Labute approximate surface area is 117 Å². The predicted octanol–water partition coefficient (Wildman–Crippen LogP) is 2.18. The van der Waals surface area contributed by atoms with Crippen LogP contribution in [0.25, 0.3) is 11.5 Å². The first-order valence-electron chi connectivity index (χ1n) is 5.21. The van der Waals surface area contributed by atoms with Crippen molar-refractivity contribution in [3.63, 3.8) is 0 Å². The van der Waals surface area contributed by atoms with E-state index in [0.717, 1.165) is 30.0 Å². The molecule has 2 rings (SSSR count). The van der Waals surface area contributed by atoms with Crippen molar-refractivity contribution in [3.8, 4) is 11.5 Å². The molecule has 0 unspecified atom stereocenters. The molecule has 0 atom stereocenters. The van der Waals surface area contributed by atoms with Gasteiger partial charge in [-0.25, -0.2) is 4.39 Å². The third-order valence-electron chi connectivity index (χ3n) is 2.16. The fraction of sp³-hybridized carbons (Fsp3) is 0.200. The molecule has 2 aromatic rings. The van der Waals surface area contributed by atoms with Gasteiger partial charge in [-0.3, -0.25) is 8.94 Å². The summed E-state index contributed by atoms with van der Waals surface area (Å²) in [5.41, 5.74) is -0.257. The number of nitrogens with zero attached hydrogens (tertiary/aromatic N) is 2. The Hall–Kier alpha value is -1.52. The molecule has 1 N–H and O–H groups in total. The van der Waals surface area contributed by atoms with Crippen LogP contribution >= 0.6 is 11.8 Å². The number of alkyl halides is 1. The maximum atomic E-state index is 13.2. The molecule has 0 aliphatic carbocycles. The zero-order valence-corrected chi connectivity index (χ0v) is 11.4. The molecule has 10 heteroatoms. The second-order valence-corrected chi connectivity index (χ2v) is 5.96. The van der Waals surface area contributed by atoms with Crippen molar-refractivity contribution >= 4 is 21.9 Å². The molecule has 0 bridgehead atoms. The third kappa shape index (κ3) is 3.32. The van der Waals surface area contributed by atoms with Crippen LogP contribution in [0, 0.1) is 5.82 Å². The first-order valence-corrected chi connectivity index (χ1v) is 7.64. The topological polar surface area (TPSA) is 93.3 Å². The van der Waals surface area contributed by atoms with Crippen LogP contribution in [0.4, 0.5) is 8.78 Å². The van der Waals surface area contributed by atoms with E-state index < -0.39 is 27.5 Å². The Bertz CT molecular complexity index is 718. The van der Waals surface area contributed by atoms with E-state index in [4.69, 9.17) is 8.97 Å². The number of hydrogen-bond donors (Lipinski definition) is 1. The zero-order valence-electron chi connectivity index (χ0n) is 9.79. The molecule has 6 nitrogen and oxygen atoms in total. The molecule has 0 spiro atoms. The molecule has 0 fully saturated rings. The minimum atomic E-state index is -4.57. The van der Waals surface area contributed by atoms with Crippen molar-refractivity contribution in [2.24, 2.45) is 0 Å². The molecule has 20 heavy (non-hydrogen) atoms. The summed E-state index contributed by atoms with van der Waals surface area (Å²) in [6.07, 6.45) is 0. The summed E-state index contributed by atoms with van der Waals surface area (Å²) in [5.74, 6) is -0.919. The Morgan fingerprint density at radius 2 is 2.10 bits per heavy atom. The first-order chi connectivity index (χ1) is 9.41. The van der Waals surface area contributed by atoms with Crippen molar-refractivity contribution in [3.05, 3.63) is 24.0 Å². The Balaban J connectivity index is 2.46. The summed E-state index contributed by atoms with van der Waals surface area (Å²) in [4.78, 5) is -0.551. The lowest BCUT2D eigenvalue weighted by atomic mass is 10.2. The second kappa shape index (κ2) is 5.85. The van der Waals surface area contributed by atoms with E-state index in [1.807, 2.05) is 0 Å². The van der Waals surface area contributed by atoms with E-state index in [-0.39, 0.29) is 22.4 Å². The van der Waals surface area contributed by atoms with Crippen LogP contribution in [0.3, 0.4) is 0 Å². The highest BCUT2D eigenvalue weighted by atomic mass is 32.2. The summed E-state index contributed by atoms with van der Waals surface area (Å²) >= 11 is 0.932. The molecule has 1 heterocycles. The summed E-state index contributed by atoms with van der Waals surface area (Å²) in [6, 6.07) is 2.61. The zero-order chi connectivity index (χ0) is 14.8. The summed E-state index contributed by atoms with van der Waals surface area (Å²) in [5, 5.41) is 7.13. The van der Waals surface area contributed by atoms with Crippen molar-refractivity contribution in [2.75, 3.05) is 12.4 Å². The highest BCUT2D eigenvalue weighted by molar-refractivity contribution is 7.99. The number of hydrogen-bond acceptors (Lipinski definition) is 6. The van der Waals surface area contributed by atoms with Gasteiger partial charge in [0.1, 0.15) is 10.7 Å². The molecular weight excluding hydrogens is 314 g/mol. The maximum absolute atomic E-state index is 13.2.